The number of carbonyl (C=O) groups is 12. The van der Waals surface area contributed by atoms with Crippen molar-refractivity contribution < 1.29 is 67.7 Å². The second kappa shape index (κ2) is 28.8. The minimum atomic E-state index is -1.71. The van der Waals surface area contributed by atoms with Crippen LogP contribution in [0.5, 0.6) is 0 Å². The first-order valence-corrected chi connectivity index (χ1v) is 22.5. The Hall–Kier alpha value is -7.13. The van der Waals surface area contributed by atoms with Gasteiger partial charge in [-0.2, -0.15) is 11.8 Å². The van der Waals surface area contributed by atoms with Crippen molar-refractivity contribution >= 4 is 94.0 Å². The molecule has 0 radical (unpaired) electrons. The van der Waals surface area contributed by atoms with Gasteiger partial charge in [-0.05, 0) is 56.7 Å². The Kier molecular flexibility index (Phi) is 24.1. The molecule has 0 spiro atoms. The number of aromatic nitrogens is 1. The summed E-state index contributed by atoms with van der Waals surface area (Å²) >= 11 is 1.27. The number of para-hydroxylation sites is 1. The zero-order chi connectivity index (χ0) is 51.1. The summed E-state index contributed by atoms with van der Waals surface area (Å²) in [5, 5.41) is 38.9. The van der Waals surface area contributed by atoms with E-state index in [9.17, 15) is 67.7 Å². The molecule has 8 atom stereocenters. The second-order valence-electron chi connectivity index (χ2n) is 15.5. The Labute approximate surface area is 393 Å². The number of amides is 10. The minimum absolute atomic E-state index is 0.0606. The van der Waals surface area contributed by atoms with E-state index in [1.165, 1.54) is 25.6 Å². The van der Waals surface area contributed by atoms with E-state index >= 15 is 0 Å². The number of thioether (sulfide) groups is 1. The third kappa shape index (κ3) is 19.8. The molecule has 0 saturated carbocycles. The topological polar surface area (TPSA) is 435 Å². The van der Waals surface area contributed by atoms with Crippen molar-refractivity contribution in [1.82, 2.24) is 47.5 Å². The summed E-state index contributed by atoms with van der Waals surface area (Å²) in [6.07, 6.45) is 1.16. The van der Waals surface area contributed by atoms with E-state index in [4.69, 9.17) is 17.2 Å². The monoisotopic (exact) mass is 976 g/mol. The van der Waals surface area contributed by atoms with Gasteiger partial charge in [0.05, 0.1) is 31.7 Å². The van der Waals surface area contributed by atoms with Crippen LogP contribution in [0.1, 0.15) is 57.9 Å². The highest BCUT2D eigenvalue weighted by atomic mass is 32.2. The second-order valence-corrected chi connectivity index (χ2v) is 16.5. The molecule has 374 valence electrons. The molecule has 2 aromatic rings. The first kappa shape index (κ1) is 57.0. The molecule has 26 nitrogen and oxygen atoms in total. The number of hydrogen-bond acceptors (Lipinski definition) is 15. The van der Waals surface area contributed by atoms with Gasteiger partial charge >= 0.3 is 5.97 Å². The van der Waals surface area contributed by atoms with Gasteiger partial charge in [0, 0.05) is 36.4 Å². The van der Waals surface area contributed by atoms with Crippen molar-refractivity contribution in [1.29, 1.82) is 0 Å². The van der Waals surface area contributed by atoms with Crippen molar-refractivity contribution in [3.8, 4) is 0 Å². The molecule has 0 aliphatic rings. The van der Waals surface area contributed by atoms with Crippen LogP contribution in [0.2, 0.25) is 0 Å². The molecule has 1 aromatic carbocycles. The van der Waals surface area contributed by atoms with Crippen LogP contribution >= 0.6 is 11.8 Å². The van der Waals surface area contributed by atoms with E-state index in [0.717, 1.165) is 0 Å². The maximum Gasteiger partial charge on any atom is 0.303 e. The van der Waals surface area contributed by atoms with Gasteiger partial charge in [-0.1, -0.05) is 18.2 Å². The average molecular weight is 977 g/mol. The summed E-state index contributed by atoms with van der Waals surface area (Å²) in [6.45, 7) is 0.848. The molecular formula is C41H60N12O14S. The first-order valence-electron chi connectivity index (χ1n) is 21.1. The highest BCUT2D eigenvalue weighted by Gasteiger charge is 2.33. The van der Waals surface area contributed by atoms with Gasteiger partial charge in [0.25, 0.3) is 0 Å². The Balaban J connectivity index is 2.26. The smallest absolute Gasteiger partial charge is 0.303 e. The van der Waals surface area contributed by atoms with Crippen LogP contribution in [0.25, 0.3) is 10.9 Å². The third-order valence-electron chi connectivity index (χ3n) is 9.91. The number of aliphatic hydroxyl groups is 1. The highest BCUT2D eigenvalue weighted by Crippen LogP contribution is 2.19. The van der Waals surface area contributed by atoms with E-state index in [1.807, 2.05) is 0 Å². The number of nitrogens with one attached hydrogen (secondary N) is 9. The van der Waals surface area contributed by atoms with Crippen molar-refractivity contribution in [3.05, 3.63) is 36.0 Å². The number of carbonyl (C=O) groups excluding carboxylic acids is 11. The van der Waals surface area contributed by atoms with Gasteiger partial charge in [-0.25, -0.2) is 0 Å². The maximum absolute atomic E-state index is 13.8. The summed E-state index contributed by atoms with van der Waals surface area (Å²) in [4.78, 5) is 155. The average Bonchev–Trinajstić information content (AvgIpc) is 3.69. The fourth-order valence-electron chi connectivity index (χ4n) is 6.19. The Morgan fingerprint density at radius 2 is 1.28 bits per heavy atom. The van der Waals surface area contributed by atoms with Crippen molar-refractivity contribution in [2.45, 2.75) is 107 Å². The molecule has 0 unspecified atom stereocenters. The summed E-state index contributed by atoms with van der Waals surface area (Å²) in [5.74, 6) is -10.4. The van der Waals surface area contributed by atoms with E-state index < -0.39 is 146 Å². The quantitative estimate of drug-likeness (QED) is 0.0314. The van der Waals surface area contributed by atoms with Crippen LogP contribution in [0.4, 0.5) is 0 Å². The molecule has 0 aliphatic carbocycles. The predicted molar refractivity (Wildman–Crippen MR) is 243 cm³/mol. The van der Waals surface area contributed by atoms with Crippen LogP contribution in [-0.2, 0) is 64.0 Å². The van der Waals surface area contributed by atoms with Crippen molar-refractivity contribution in [2.75, 3.05) is 25.2 Å². The molecule has 0 fully saturated rings. The van der Waals surface area contributed by atoms with Gasteiger partial charge in [0.2, 0.25) is 59.1 Å². The normalized spacial score (nSPS) is 14.4. The number of aliphatic hydroxyl groups excluding tert-OH is 1. The Bertz CT molecular complexity index is 2150. The molecule has 10 amide bonds. The number of aldehydes is 1. The number of benzene rings is 1. The number of fused-ring (bicyclic) bond motifs is 1. The first-order chi connectivity index (χ1) is 32.1. The van der Waals surface area contributed by atoms with Crippen molar-refractivity contribution in [2.24, 2.45) is 17.2 Å². The summed E-state index contributed by atoms with van der Waals surface area (Å²) in [7, 11) is 0. The fraction of sp³-hybridized carbons (Fsp3) is 0.512. The Morgan fingerprint density at radius 1 is 0.691 bits per heavy atom. The summed E-state index contributed by atoms with van der Waals surface area (Å²) in [6, 6.07) is -4.17. The molecule has 0 bridgehead atoms. The number of nitrogens with two attached hydrogens (primary N) is 3. The number of primary amides is 2. The summed E-state index contributed by atoms with van der Waals surface area (Å²) < 4.78 is 0. The van der Waals surface area contributed by atoms with Gasteiger partial charge in [0.15, 0.2) is 0 Å². The number of hydrogen-bond donors (Lipinski definition) is 14. The van der Waals surface area contributed by atoms with Gasteiger partial charge in [-0.3, -0.25) is 52.7 Å². The lowest BCUT2D eigenvalue weighted by Crippen LogP contribution is -2.59. The highest BCUT2D eigenvalue weighted by molar-refractivity contribution is 7.98. The SMILES string of the molecule is CSCC[C@H](NC(=O)[C@H](CO)NC(=O)CNC(=O)[C@H](Cc1c[nH]c2ccccc12)NC(=O)[C@H](CCC(=O)O)NC(=O)[C@H](C)NC(=O)[C@H](C)N)C(=O)N[C@@H](CC(N)=O)C(=O)N[C@H](C=O)CCC(N)=O. The zero-order valence-corrected chi connectivity index (χ0v) is 38.4. The molecule has 1 aromatic heterocycles. The Morgan fingerprint density at radius 3 is 1.87 bits per heavy atom. The number of aliphatic carboxylic acids is 1. The fourth-order valence-corrected chi connectivity index (χ4v) is 6.66. The van der Waals surface area contributed by atoms with Gasteiger partial charge in [-0.15, -0.1) is 0 Å². The van der Waals surface area contributed by atoms with Crippen LogP contribution in [0.3, 0.4) is 0 Å². The number of carboxylic acids is 1. The lowest BCUT2D eigenvalue weighted by Gasteiger charge is -2.25. The summed E-state index contributed by atoms with van der Waals surface area (Å²) in [5.41, 5.74) is 17.2. The molecule has 68 heavy (non-hydrogen) atoms. The molecular weight excluding hydrogens is 917 g/mol. The van der Waals surface area contributed by atoms with E-state index in [0.29, 0.717) is 22.8 Å². The van der Waals surface area contributed by atoms with E-state index in [1.54, 1.807) is 36.7 Å². The van der Waals surface area contributed by atoms with Gasteiger partial charge < -0.3 is 79.7 Å². The van der Waals surface area contributed by atoms with E-state index in [2.05, 4.69) is 47.5 Å². The molecule has 1 heterocycles. The molecule has 2 rings (SSSR count). The molecule has 0 saturated heterocycles. The molecule has 27 heteroatoms. The predicted octanol–water partition coefficient (Wildman–Crippen LogP) is -5.46. The molecule has 0 aliphatic heterocycles. The van der Waals surface area contributed by atoms with Crippen LogP contribution in [0.15, 0.2) is 30.5 Å². The van der Waals surface area contributed by atoms with Crippen molar-refractivity contribution in [3.63, 3.8) is 0 Å². The largest absolute Gasteiger partial charge is 0.481 e. The maximum atomic E-state index is 13.8. The number of carboxylic acid groups (broad SMARTS) is 1. The zero-order valence-electron chi connectivity index (χ0n) is 37.6. The molecule has 17 N–H and O–H groups in total. The number of rotatable bonds is 31. The third-order valence-corrected chi connectivity index (χ3v) is 10.6. The number of H-pyrrole nitrogens is 1. The lowest BCUT2D eigenvalue weighted by atomic mass is 10.0. The minimum Gasteiger partial charge on any atom is -0.481 e. The lowest BCUT2D eigenvalue weighted by molar-refractivity contribution is -0.138. The van der Waals surface area contributed by atoms with Gasteiger partial charge in [0.1, 0.15) is 42.5 Å². The van der Waals surface area contributed by atoms with Crippen LogP contribution in [0, 0.1) is 0 Å². The van der Waals surface area contributed by atoms with E-state index in [-0.39, 0.29) is 31.4 Å². The van der Waals surface area contributed by atoms with Crippen LogP contribution < -0.4 is 59.7 Å². The van der Waals surface area contributed by atoms with Crippen LogP contribution in [-0.4, -0.2) is 160 Å². The number of aromatic amines is 1. The standard InChI is InChI=1S/C41H60N12O14S/c1-20(42)35(61)47-21(2)36(62)50-26(9-11-34(59)60)38(64)52-28(14-22-16-45-25-7-5-4-6-24(22)25)37(63)46-17-33(58)49-30(19-55)41(67)51-27(12-13-68-3)39(65)53-29(15-32(44)57)40(66)48-23(18-54)8-10-31(43)56/h4-7,16,18,20-21,23,26-30,45,55H,8-15,17,19,42H2,1-3H3,(H2,43,56)(H2,44,57)(H,46,63)(H,47,61)(H,48,66)(H,49,58)(H,50,62)(H,51,67)(H,52,64)(H,53,65)(H,59,60)/t20-,21-,23-,26-,27-,28-,29-,30-/m0/s1.